The summed E-state index contributed by atoms with van der Waals surface area (Å²) in [4.78, 5) is 47.2. The molecule has 0 saturated carbocycles. The fourth-order valence-electron chi connectivity index (χ4n) is 2.13. The number of nitrogens with two attached hydrogens (primary N) is 1. The van der Waals surface area contributed by atoms with Crippen LogP contribution < -0.4 is 16.4 Å². The van der Waals surface area contributed by atoms with Gasteiger partial charge in [0, 0.05) is 5.02 Å². The summed E-state index contributed by atoms with van der Waals surface area (Å²) in [5.74, 6) is -2.24. The van der Waals surface area contributed by atoms with Crippen molar-refractivity contribution in [1.82, 2.24) is 10.6 Å². The minimum atomic E-state index is -1.27. The van der Waals surface area contributed by atoms with E-state index in [9.17, 15) is 19.2 Å². The number of hydrogen-bond donors (Lipinski definition) is 3. The number of ether oxygens (including phenoxy) is 1. The van der Waals surface area contributed by atoms with Crippen LogP contribution >= 0.6 is 23.2 Å². The van der Waals surface area contributed by atoms with Crippen LogP contribution in [-0.2, 0) is 14.3 Å². The third-order valence-electron chi connectivity index (χ3n) is 3.38. The average Bonchev–Trinajstić information content (AvgIpc) is 2.52. The van der Waals surface area contributed by atoms with Crippen molar-refractivity contribution in [3.8, 4) is 0 Å². The van der Waals surface area contributed by atoms with Gasteiger partial charge in [-0.05, 0) is 37.5 Å². The number of imide groups is 1. The van der Waals surface area contributed by atoms with E-state index in [2.05, 4.69) is 5.32 Å². The molecule has 0 aliphatic rings. The lowest BCUT2D eigenvalue weighted by Crippen LogP contribution is -2.47. The average molecular weight is 418 g/mol. The fraction of sp³-hybridized carbons (Fsp3) is 0.412. The highest BCUT2D eigenvalue weighted by atomic mass is 35.5. The summed E-state index contributed by atoms with van der Waals surface area (Å²) in [6, 6.07) is 2.25. The van der Waals surface area contributed by atoms with Crippen molar-refractivity contribution < 1.29 is 23.9 Å². The van der Waals surface area contributed by atoms with E-state index in [1.807, 2.05) is 19.2 Å². The Labute approximate surface area is 166 Å². The molecule has 4 amide bonds. The summed E-state index contributed by atoms with van der Waals surface area (Å²) in [5, 5.41) is 4.85. The predicted molar refractivity (Wildman–Crippen MR) is 100 cm³/mol. The van der Waals surface area contributed by atoms with E-state index in [4.69, 9.17) is 33.7 Å². The number of esters is 1. The van der Waals surface area contributed by atoms with Crippen LogP contribution in [0.5, 0.6) is 0 Å². The van der Waals surface area contributed by atoms with Gasteiger partial charge in [-0.25, -0.2) is 9.59 Å². The molecular weight excluding hydrogens is 397 g/mol. The molecule has 1 aromatic rings. The molecule has 0 radical (unpaired) electrons. The normalized spacial score (nSPS) is 12.8. The molecule has 148 valence electrons. The van der Waals surface area contributed by atoms with Crippen molar-refractivity contribution >= 4 is 47.0 Å². The van der Waals surface area contributed by atoms with Gasteiger partial charge in [0.25, 0.3) is 11.8 Å². The molecule has 27 heavy (non-hydrogen) atoms. The van der Waals surface area contributed by atoms with Crippen LogP contribution in [0.1, 0.15) is 37.6 Å². The number of carbonyl (C=O) groups is 4. The second-order valence-electron chi connectivity index (χ2n) is 6.21. The standard InChI is InChI=1S/C17H21Cl2N3O5/c1-8(2)6-13(16(25)27-9(3)14(23)22-17(20)26)21-15(24)11-5-4-10(18)7-12(11)19/h4-5,7-9,13H,6H2,1-3H3,(H,21,24)(H3,20,22,23,26)/t9-,13-/m0/s1. The Hall–Kier alpha value is -2.32. The molecule has 0 saturated heterocycles. The Morgan fingerprint density at radius 2 is 1.78 bits per heavy atom. The second kappa shape index (κ2) is 10.1. The maximum absolute atomic E-state index is 12.5. The molecule has 10 heteroatoms. The van der Waals surface area contributed by atoms with E-state index in [0.717, 1.165) is 0 Å². The molecule has 0 heterocycles. The number of rotatable bonds is 7. The van der Waals surface area contributed by atoms with E-state index in [-0.39, 0.29) is 22.9 Å². The summed E-state index contributed by atoms with van der Waals surface area (Å²) in [5.41, 5.74) is 4.99. The van der Waals surface area contributed by atoms with Crippen molar-refractivity contribution in [2.45, 2.75) is 39.3 Å². The maximum Gasteiger partial charge on any atom is 0.329 e. The van der Waals surface area contributed by atoms with E-state index < -0.39 is 36.0 Å². The highest BCUT2D eigenvalue weighted by Gasteiger charge is 2.28. The third kappa shape index (κ3) is 7.44. The number of urea groups is 1. The molecule has 0 spiro atoms. The van der Waals surface area contributed by atoms with Gasteiger partial charge in [0.05, 0.1) is 10.6 Å². The van der Waals surface area contributed by atoms with Crippen molar-refractivity contribution in [2.75, 3.05) is 0 Å². The van der Waals surface area contributed by atoms with Gasteiger partial charge in [-0.15, -0.1) is 0 Å². The van der Waals surface area contributed by atoms with Crippen LogP contribution in [0.2, 0.25) is 10.0 Å². The Morgan fingerprint density at radius 1 is 1.15 bits per heavy atom. The van der Waals surface area contributed by atoms with Crippen molar-refractivity contribution in [1.29, 1.82) is 0 Å². The van der Waals surface area contributed by atoms with E-state index in [0.29, 0.717) is 5.02 Å². The minimum Gasteiger partial charge on any atom is -0.451 e. The van der Waals surface area contributed by atoms with Gasteiger partial charge in [-0.1, -0.05) is 37.0 Å². The van der Waals surface area contributed by atoms with Gasteiger partial charge >= 0.3 is 12.0 Å². The Morgan fingerprint density at radius 3 is 2.30 bits per heavy atom. The lowest BCUT2D eigenvalue weighted by molar-refractivity contribution is -0.156. The first-order valence-electron chi connectivity index (χ1n) is 8.08. The molecule has 0 bridgehead atoms. The van der Waals surface area contributed by atoms with Crippen LogP contribution in [0.3, 0.4) is 0 Å². The maximum atomic E-state index is 12.5. The van der Waals surface area contributed by atoms with Crippen LogP contribution in [0.15, 0.2) is 18.2 Å². The van der Waals surface area contributed by atoms with Crippen molar-refractivity contribution in [3.05, 3.63) is 33.8 Å². The van der Waals surface area contributed by atoms with Crippen LogP contribution in [0.25, 0.3) is 0 Å². The number of benzene rings is 1. The summed E-state index contributed by atoms with van der Waals surface area (Å²) in [7, 11) is 0. The monoisotopic (exact) mass is 417 g/mol. The number of hydrogen-bond acceptors (Lipinski definition) is 5. The number of carbonyl (C=O) groups excluding carboxylic acids is 4. The predicted octanol–water partition coefficient (Wildman–Crippen LogP) is 2.26. The lowest BCUT2D eigenvalue weighted by Gasteiger charge is -2.21. The Bertz CT molecular complexity index is 739. The third-order valence-corrected chi connectivity index (χ3v) is 3.93. The van der Waals surface area contributed by atoms with Gasteiger partial charge in [-0.3, -0.25) is 14.9 Å². The SMILES string of the molecule is CC(C)C[C@H](NC(=O)c1ccc(Cl)cc1Cl)C(=O)O[C@@H](C)C(=O)NC(N)=O. The minimum absolute atomic E-state index is 0.0401. The molecule has 1 rings (SSSR count). The molecule has 4 N–H and O–H groups in total. The summed E-state index contributed by atoms with van der Waals surface area (Å²) in [6.45, 7) is 4.98. The van der Waals surface area contributed by atoms with Gasteiger partial charge in [0.2, 0.25) is 0 Å². The van der Waals surface area contributed by atoms with Crippen molar-refractivity contribution in [3.63, 3.8) is 0 Å². The highest BCUT2D eigenvalue weighted by molar-refractivity contribution is 6.36. The summed E-state index contributed by atoms with van der Waals surface area (Å²) in [6.07, 6.45) is -1.00. The first-order valence-corrected chi connectivity index (χ1v) is 8.83. The smallest absolute Gasteiger partial charge is 0.329 e. The van der Waals surface area contributed by atoms with E-state index >= 15 is 0 Å². The van der Waals surface area contributed by atoms with Gasteiger partial charge < -0.3 is 15.8 Å². The topological polar surface area (TPSA) is 128 Å². The second-order valence-corrected chi connectivity index (χ2v) is 7.06. The molecule has 0 fully saturated rings. The highest BCUT2D eigenvalue weighted by Crippen LogP contribution is 2.21. The van der Waals surface area contributed by atoms with Crippen LogP contribution in [-0.4, -0.2) is 36.0 Å². The largest absolute Gasteiger partial charge is 0.451 e. The first-order chi connectivity index (χ1) is 12.5. The molecular formula is C17H21Cl2N3O5. The number of amides is 4. The number of halogens is 2. The van der Waals surface area contributed by atoms with E-state index in [1.165, 1.54) is 25.1 Å². The van der Waals surface area contributed by atoms with Gasteiger partial charge in [0.1, 0.15) is 6.04 Å². The molecule has 0 unspecified atom stereocenters. The first kappa shape index (κ1) is 22.7. The van der Waals surface area contributed by atoms with Gasteiger partial charge in [-0.2, -0.15) is 0 Å². The van der Waals surface area contributed by atoms with Crippen LogP contribution in [0.4, 0.5) is 4.79 Å². The quantitative estimate of drug-likeness (QED) is 0.586. The number of nitrogens with one attached hydrogen (secondary N) is 2. The summed E-state index contributed by atoms with van der Waals surface area (Å²) < 4.78 is 5.03. The molecule has 1 aromatic carbocycles. The lowest BCUT2D eigenvalue weighted by atomic mass is 10.0. The zero-order valence-corrected chi connectivity index (χ0v) is 16.6. The van der Waals surface area contributed by atoms with Gasteiger partial charge in [0.15, 0.2) is 6.10 Å². The Kier molecular flexibility index (Phi) is 8.52. The zero-order chi connectivity index (χ0) is 20.7. The zero-order valence-electron chi connectivity index (χ0n) is 15.0. The molecule has 0 aliphatic carbocycles. The summed E-state index contributed by atoms with van der Waals surface area (Å²) >= 11 is 11.8. The van der Waals surface area contributed by atoms with E-state index in [1.54, 1.807) is 0 Å². The molecule has 0 aromatic heterocycles. The Balaban J connectivity index is 2.88. The molecule has 0 aliphatic heterocycles. The molecule has 8 nitrogen and oxygen atoms in total. The van der Waals surface area contributed by atoms with Crippen molar-refractivity contribution in [2.24, 2.45) is 11.7 Å². The molecule has 2 atom stereocenters. The van der Waals surface area contributed by atoms with Crippen LogP contribution in [0, 0.1) is 5.92 Å². The fourth-order valence-corrected chi connectivity index (χ4v) is 2.62. The number of primary amides is 1.